The standard InChI is InChI=1S/C16H18N2O7S/c1-9-4-13(18-25-9)17-14(19)7-26-8-15(20)23-6-11-5-12(10(2)24-11)16(21)22-3/h4-5H,6-8H2,1-3H3,(H,17,18,19). The van der Waals surface area contributed by atoms with Gasteiger partial charge in [0.15, 0.2) is 5.82 Å². The molecule has 1 amide bonds. The molecule has 0 saturated heterocycles. The maximum atomic E-state index is 11.7. The average Bonchev–Trinajstić information content (AvgIpc) is 3.17. The molecule has 26 heavy (non-hydrogen) atoms. The SMILES string of the molecule is COC(=O)c1cc(COC(=O)CSCC(=O)Nc2cc(C)on2)oc1C. The Morgan fingerprint density at radius 3 is 2.65 bits per heavy atom. The first-order chi connectivity index (χ1) is 12.4. The van der Waals surface area contributed by atoms with E-state index in [1.54, 1.807) is 19.9 Å². The summed E-state index contributed by atoms with van der Waals surface area (Å²) in [6, 6.07) is 3.06. The van der Waals surface area contributed by atoms with E-state index in [1.807, 2.05) is 0 Å². The number of amides is 1. The van der Waals surface area contributed by atoms with Gasteiger partial charge in [0.05, 0.1) is 18.6 Å². The van der Waals surface area contributed by atoms with Gasteiger partial charge in [-0.25, -0.2) is 4.79 Å². The predicted octanol–water partition coefficient (Wildman–Crippen LogP) is 2.09. The number of anilines is 1. The first kappa shape index (κ1) is 19.6. The second kappa shape index (κ2) is 9.09. The largest absolute Gasteiger partial charge is 0.465 e. The molecular weight excluding hydrogens is 364 g/mol. The number of furan rings is 1. The monoisotopic (exact) mass is 382 g/mol. The molecular formula is C16H18N2O7S. The summed E-state index contributed by atoms with van der Waals surface area (Å²) in [7, 11) is 1.27. The summed E-state index contributed by atoms with van der Waals surface area (Å²) in [5, 5.41) is 6.18. The third kappa shape index (κ3) is 5.66. The van der Waals surface area contributed by atoms with Crippen molar-refractivity contribution in [1.29, 1.82) is 0 Å². The summed E-state index contributed by atoms with van der Waals surface area (Å²) in [6.07, 6.45) is 0. The Kier molecular flexibility index (Phi) is 6.84. The van der Waals surface area contributed by atoms with E-state index < -0.39 is 11.9 Å². The maximum absolute atomic E-state index is 11.7. The zero-order chi connectivity index (χ0) is 19.1. The van der Waals surface area contributed by atoms with Crippen molar-refractivity contribution in [3.8, 4) is 0 Å². The number of methoxy groups -OCH3 is 1. The second-order valence-corrected chi connectivity index (χ2v) is 6.18. The predicted molar refractivity (Wildman–Crippen MR) is 91.8 cm³/mol. The summed E-state index contributed by atoms with van der Waals surface area (Å²) in [4.78, 5) is 34.9. The molecule has 9 nitrogen and oxygen atoms in total. The van der Waals surface area contributed by atoms with E-state index in [2.05, 4.69) is 15.2 Å². The normalized spacial score (nSPS) is 10.4. The molecule has 0 radical (unpaired) electrons. The molecule has 0 saturated carbocycles. The molecule has 0 bridgehead atoms. The Hall–Kier alpha value is -2.75. The number of thioether (sulfide) groups is 1. The lowest BCUT2D eigenvalue weighted by molar-refractivity contribution is -0.142. The lowest BCUT2D eigenvalue weighted by Gasteiger charge is -2.03. The minimum absolute atomic E-state index is 0.00515. The summed E-state index contributed by atoms with van der Waals surface area (Å²) < 4.78 is 19.8. The van der Waals surface area contributed by atoms with E-state index in [-0.39, 0.29) is 29.6 Å². The molecule has 0 aliphatic carbocycles. The fraction of sp³-hybridized carbons (Fsp3) is 0.375. The van der Waals surface area contributed by atoms with Gasteiger partial charge in [-0.1, -0.05) is 5.16 Å². The lowest BCUT2D eigenvalue weighted by atomic mass is 10.2. The van der Waals surface area contributed by atoms with Gasteiger partial charge in [0, 0.05) is 6.07 Å². The number of esters is 2. The molecule has 2 rings (SSSR count). The number of carbonyl (C=O) groups is 3. The Balaban J connectivity index is 1.69. The van der Waals surface area contributed by atoms with Gasteiger partial charge in [-0.3, -0.25) is 9.59 Å². The molecule has 0 aromatic carbocycles. The van der Waals surface area contributed by atoms with Crippen molar-refractivity contribution in [1.82, 2.24) is 5.16 Å². The van der Waals surface area contributed by atoms with Crippen LogP contribution in [0.25, 0.3) is 0 Å². The first-order valence-corrected chi connectivity index (χ1v) is 8.68. The second-order valence-electron chi connectivity index (χ2n) is 5.20. The van der Waals surface area contributed by atoms with Crippen molar-refractivity contribution >= 4 is 35.4 Å². The minimum atomic E-state index is -0.521. The molecule has 0 atom stereocenters. The number of carbonyl (C=O) groups excluding carboxylic acids is 3. The molecule has 2 aromatic heterocycles. The van der Waals surface area contributed by atoms with Gasteiger partial charge in [0.2, 0.25) is 5.91 Å². The van der Waals surface area contributed by atoms with Crippen LogP contribution in [0.4, 0.5) is 5.82 Å². The summed E-state index contributed by atoms with van der Waals surface area (Å²) in [5.41, 5.74) is 0.285. The van der Waals surface area contributed by atoms with E-state index in [9.17, 15) is 14.4 Å². The smallest absolute Gasteiger partial charge is 0.341 e. The highest BCUT2D eigenvalue weighted by Crippen LogP contribution is 2.17. The molecule has 2 aromatic rings. The number of nitrogens with one attached hydrogen (secondary N) is 1. The highest BCUT2D eigenvalue weighted by molar-refractivity contribution is 8.00. The van der Waals surface area contributed by atoms with E-state index in [0.29, 0.717) is 23.1 Å². The van der Waals surface area contributed by atoms with Gasteiger partial charge in [0.1, 0.15) is 29.5 Å². The molecule has 0 aliphatic rings. The zero-order valence-electron chi connectivity index (χ0n) is 14.5. The van der Waals surface area contributed by atoms with Crippen LogP contribution < -0.4 is 5.32 Å². The van der Waals surface area contributed by atoms with Crippen LogP contribution in [0.15, 0.2) is 21.1 Å². The van der Waals surface area contributed by atoms with Crippen molar-refractivity contribution in [2.75, 3.05) is 23.9 Å². The Bertz CT molecular complexity index is 796. The van der Waals surface area contributed by atoms with Gasteiger partial charge < -0.3 is 23.7 Å². The Morgan fingerprint density at radius 1 is 1.23 bits per heavy atom. The van der Waals surface area contributed by atoms with Crippen LogP contribution in [0.2, 0.25) is 0 Å². The lowest BCUT2D eigenvalue weighted by Crippen LogP contribution is -2.16. The number of aromatic nitrogens is 1. The molecule has 140 valence electrons. The molecule has 10 heteroatoms. The molecule has 0 aliphatic heterocycles. The van der Waals surface area contributed by atoms with Crippen LogP contribution in [0, 0.1) is 13.8 Å². The van der Waals surface area contributed by atoms with Crippen molar-refractivity contribution < 1.29 is 32.8 Å². The highest BCUT2D eigenvalue weighted by atomic mass is 32.2. The summed E-state index contributed by atoms with van der Waals surface area (Å²) in [5.74, 6) is 0.354. The van der Waals surface area contributed by atoms with Crippen molar-refractivity contribution in [2.24, 2.45) is 0 Å². The third-order valence-electron chi connectivity index (χ3n) is 3.10. The van der Waals surface area contributed by atoms with Crippen LogP contribution >= 0.6 is 11.8 Å². The fourth-order valence-electron chi connectivity index (χ4n) is 1.95. The van der Waals surface area contributed by atoms with Crippen molar-refractivity contribution in [3.63, 3.8) is 0 Å². The number of aryl methyl sites for hydroxylation is 2. The highest BCUT2D eigenvalue weighted by Gasteiger charge is 2.16. The molecule has 0 fully saturated rings. The van der Waals surface area contributed by atoms with E-state index in [4.69, 9.17) is 13.7 Å². The average molecular weight is 382 g/mol. The number of nitrogens with zero attached hydrogens (tertiary/aromatic N) is 1. The zero-order valence-corrected chi connectivity index (χ0v) is 15.3. The van der Waals surface area contributed by atoms with Crippen LogP contribution in [0.1, 0.15) is 27.6 Å². The van der Waals surface area contributed by atoms with Crippen LogP contribution in [-0.2, 0) is 25.7 Å². The molecule has 1 N–H and O–H groups in total. The quantitative estimate of drug-likeness (QED) is 0.684. The van der Waals surface area contributed by atoms with Crippen LogP contribution in [-0.4, -0.2) is 41.6 Å². The molecule has 0 spiro atoms. The van der Waals surface area contributed by atoms with Crippen LogP contribution in [0.5, 0.6) is 0 Å². The number of hydrogen-bond acceptors (Lipinski definition) is 9. The number of hydrogen-bond donors (Lipinski definition) is 1. The van der Waals surface area contributed by atoms with Crippen LogP contribution in [0.3, 0.4) is 0 Å². The molecule has 2 heterocycles. The summed E-state index contributed by atoms with van der Waals surface area (Å²) >= 11 is 1.10. The molecule has 0 unspecified atom stereocenters. The fourth-order valence-corrected chi connectivity index (χ4v) is 2.56. The van der Waals surface area contributed by atoms with E-state index in [1.165, 1.54) is 13.2 Å². The van der Waals surface area contributed by atoms with E-state index >= 15 is 0 Å². The van der Waals surface area contributed by atoms with Gasteiger partial charge in [-0.15, -0.1) is 11.8 Å². The van der Waals surface area contributed by atoms with Gasteiger partial charge >= 0.3 is 11.9 Å². The minimum Gasteiger partial charge on any atom is -0.465 e. The topological polar surface area (TPSA) is 121 Å². The first-order valence-electron chi connectivity index (χ1n) is 7.53. The van der Waals surface area contributed by atoms with Crippen molar-refractivity contribution in [3.05, 3.63) is 35.0 Å². The van der Waals surface area contributed by atoms with Crippen molar-refractivity contribution in [2.45, 2.75) is 20.5 Å². The van der Waals surface area contributed by atoms with Gasteiger partial charge in [-0.2, -0.15) is 0 Å². The maximum Gasteiger partial charge on any atom is 0.341 e. The Morgan fingerprint density at radius 2 is 2.00 bits per heavy atom. The Labute approximate surface area is 153 Å². The third-order valence-corrected chi connectivity index (χ3v) is 4.00. The van der Waals surface area contributed by atoms with Gasteiger partial charge in [-0.05, 0) is 19.9 Å². The van der Waals surface area contributed by atoms with Gasteiger partial charge in [0.25, 0.3) is 0 Å². The van der Waals surface area contributed by atoms with E-state index in [0.717, 1.165) is 11.8 Å². The number of ether oxygens (including phenoxy) is 2. The summed E-state index contributed by atoms with van der Waals surface area (Å²) in [6.45, 7) is 3.21. The number of rotatable bonds is 8.